The molecular formula is C14H17N5O. The summed E-state index contributed by atoms with van der Waals surface area (Å²) >= 11 is 0. The van der Waals surface area contributed by atoms with E-state index in [9.17, 15) is 0 Å². The van der Waals surface area contributed by atoms with Crippen LogP contribution in [0.4, 0.5) is 0 Å². The SMILES string of the molecule is CCCNCc1cnnn1-c1ccc(C#N)cc1OC. The van der Waals surface area contributed by atoms with Gasteiger partial charge in [0.15, 0.2) is 0 Å². The fourth-order valence-electron chi connectivity index (χ4n) is 1.90. The van der Waals surface area contributed by atoms with E-state index in [1.165, 1.54) is 0 Å². The van der Waals surface area contributed by atoms with E-state index in [1.807, 2.05) is 6.07 Å². The predicted molar refractivity (Wildman–Crippen MR) is 74.6 cm³/mol. The second-order valence-corrected chi connectivity index (χ2v) is 4.31. The van der Waals surface area contributed by atoms with Crippen LogP contribution in [0, 0.1) is 11.3 Å². The van der Waals surface area contributed by atoms with Crippen LogP contribution in [0.5, 0.6) is 5.75 Å². The van der Waals surface area contributed by atoms with E-state index in [0.717, 1.165) is 24.3 Å². The molecule has 20 heavy (non-hydrogen) atoms. The average molecular weight is 271 g/mol. The zero-order valence-electron chi connectivity index (χ0n) is 11.6. The molecule has 0 saturated heterocycles. The molecule has 0 aliphatic heterocycles. The van der Waals surface area contributed by atoms with E-state index in [1.54, 1.807) is 30.1 Å². The molecule has 0 aliphatic rings. The number of aromatic nitrogens is 3. The zero-order valence-corrected chi connectivity index (χ0v) is 11.6. The minimum Gasteiger partial charge on any atom is -0.494 e. The zero-order chi connectivity index (χ0) is 14.4. The van der Waals surface area contributed by atoms with Crippen LogP contribution in [-0.2, 0) is 6.54 Å². The molecule has 104 valence electrons. The summed E-state index contributed by atoms with van der Waals surface area (Å²) in [4.78, 5) is 0. The third-order valence-electron chi connectivity index (χ3n) is 2.89. The molecule has 0 unspecified atom stereocenters. The minimum atomic E-state index is 0.552. The third kappa shape index (κ3) is 2.95. The van der Waals surface area contributed by atoms with E-state index in [0.29, 0.717) is 17.9 Å². The molecule has 1 heterocycles. The predicted octanol–water partition coefficient (Wildman–Crippen LogP) is 1.65. The molecule has 0 aliphatic carbocycles. The normalized spacial score (nSPS) is 10.2. The topological polar surface area (TPSA) is 75.8 Å². The first-order valence-corrected chi connectivity index (χ1v) is 6.49. The first kappa shape index (κ1) is 14.0. The maximum atomic E-state index is 8.93. The Morgan fingerprint density at radius 2 is 2.30 bits per heavy atom. The van der Waals surface area contributed by atoms with Crippen LogP contribution in [0.3, 0.4) is 0 Å². The molecule has 6 nitrogen and oxygen atoms in total. The average Bonchev–Trinajstić information content (AvgIpc) is 2.95. The molecule has 1 N–H and O–H groups in total. The van der Waals surface area contributed by atoms with Gasteiger partial charge in [0.1, 0.15) is 11.4 Å². The second-order valence-electron chi connectivity index (χ2n) is 4.31. The number of nitrogens with zero attached hydrogens (tertiary/aromatic N) is 4. The van der Waals surface area contributed by atoms with Crippen LogP contribution in [-0.4, -0.2) is 28.6 Å². The molecule has 1 aromatic carbocycles. The third-order valence-corrected chi connectivity index (χ3v) is 2.89. The minimum absolute atomic E-state index is 0.552. The molecule has 0 fully saturated rings. The lowest BCUT2D eigenvalue weighted by molar-refractivity contribution is 0.410. The Balaban J connectivity index is 2.32. The Morgan fingerprint density at radius 3 is 3.00 bits per heavy atom. The number of benzene rings is 1. The summed E-state index contributed by atoms with van der Waals surface area (Å²) in [7, 11) is 1.58. The molecule has 2 aromatic rings. The molecule has 2 rings (SSSR count). The first-order chi connectivity index (χ1) is 9.80. The number of hydrogen-bond acceptors (Lipinski definition) is 5. The molecule has 0 radical (unpaired) electrons. The number of methoxy groups -OCH3 is 1. The summed E-state index contributed by atoms with van der Waals surface area (Å²) in [5, 5.41) is 20.3. The van der Waals surface area contributed by atoms with Gasteiger partial charge in [0, 0.05) is 12.6 Å². The smallest absolute Gasteiger partial charge is 0.145 e. The van der Waals surface area contributed by atoms with Gasteiger partial charge in [0.05, 0.1) is 30.6 Å². The lowest BCUT2D eigenvalue weighted by Crippen LogP contribution is -2.17. The van der Waals surface area contributed by atoms with Crippen molar-refractivity contribution in [3.8, 4) is 17.5 Å². The van der Waals surface area contributed by atoms with Gasteiger partial charge in [-0.15, -0.1) is 5.10 Å². The Hall–Kier alpha value is -2.39. The fourth-order valence-corrected chi connectivity index (χ4v) is 1.90. The lowest BCUT2D eigenvalue weighted by Gasteiger charge is -2.11. The summed E-state index contributed by atoms with van der Waals surface area (Å²) in [5.41, 5.74) is 2.27. The van der Waals surface area contributed by atoms with E-state index < -0.39 is 0 Å². The van der Waals surface area contributed by atoms with Gasteiger partial charge in [-0.3, -0.25) is 0 Å². The van der Waals surface area contributed by atoms with Gasteiger partial charge in [-0.05, 0) is 25.1 Å². The molecule has 0 amide bonds. The highest BCUT2D eigenvalue weighted by Crippen LogP contribution is 2.24. The van der Waals surface area contributed by atoms with Gasteiger partial charge in [0.2, 0.25) is 0 Å². The van der Waals surface area contributed by atoms with Gasteiger partial charge in [-0.1, -0.05) is 12.1 Å². The van der Waals surface area contributed by atoms with E-state index >= 15 is 0 Å². The van der Waals surface area contributed by atoms with Crippen molar-refractivity contribution in [2.45, 2.75) is 19.9 Å². The maximum Gasteiger partial charge on any atom is 0.145 e. The Kier molecular flexibility index (Phi) is 4.69. The number of nitrogens with one attached hydrogen (secondary N) is 1. The molecule has 1 aromatic heterocycles. The van der Waals surface area contributed by atoms with Crippen molar-refractivity contribution >= 4 is 0 Å². The van der Waals surface area contributed by atoms with Gasteiger partial charge in [0.25, 0.3) is 0 Å². The monoisotopic (exact) mass is 271 g/mol. The summed E-state index contributed by atoms with van der Waals surface area (Å²) in [6.07, 6.45) is 2.79. The summed E-state index contributed by atoms with van der Waals surface area (Å²) in [6.45, 7) is 3.74. The highest BCUT2D eigenvalue weighted by Gasteiger charge is 2.11. The number of rotatable bonds is 6. The standard InChI is InChI=1S/C14H17N5O/c1-3-6-16-9-12-10-17-18-19(12)13-5-4-11(8-15)7-14(13)20-2/h4-5,7,10,16H,3,6,9H2,1-2H3. The van der Waals surface area contributed by atoms with Gasteiger partial charge in [-0.25, -0.2) is 4.68 Å². The van der Waals surface area contributed by atoms with Gasteiger partial charge < -0.3 is 10.1 Å². The van der Waals surface area contributed by atoms with Crippen LogP contribution in [0.15, 0.2) is 24.4 Å². The molecule has 0 bridgehead atoms. The van der Waals surface area contributed by atoms with Crippen molar-refractivity contribution in [1.29, 1.82) is 5.26 Å². The highest BCUT2D eigenvalue weighted by molar-refractivity contribution is 5.51. The number of ether oxygens (including phenoxy) is 1. The quantitative estimate of drug-likeness (QED) is 0.808. The molecule has 0 atom stereocenters. The van der Waals surface area contributed by atoms with Crippen molar-refractivity contribution in [2.24, 2.45) is 0 Å². The Bertz CT molecular complexity index is 614. The van der Waals surface area contributed by atoms with Crippen molar-refractivity contribution in [1.82, 2.24) is 20.3 Å². The molecular weight excluding hydrogens is 254 g/mol. The summed E-state index contributed by atoms with van der Waals surface area (Å²) in [5.74, 6) is 0.603. The van der Waals surface area contributed by atoms with Crippen LogP contribution in [0.2, 0.25) is 0 Å². The highest BCUT2D eigenvalue weighted by atomic mass is 16.5. The lowest BCUT2D eigenvalue weighted by atomic mass is 10.2. The van der Waals surface area contributed by atoms with Crippen molar-refractivity contribution in [3.05, 3.63) is 35.7 Å². The van der Waals surface area contributed by atoms with Crippen LogP contribution < -0.4 is 10.1 Å². The fraction of sp³-hybridized carbons (Fsp3) is 0.357. The van der Waals surface area contributed by atoms with E-state index in [-0.39, 0.29) is 0 Å². The number of nitriles is 1. The second kappa shape index (κ2) is 6.68. The van der Waals surface area contributed by atoms with Crippen molar-refractivity contribution in [2.75, 3.05) is 13.7 Å². The summed E-state index contributed by atoms with van der Waals surface area (Å²) < 4.78 is 7.06. The molecule has 6 heteroatoms. The van der Waals surface area contributed by atoms with Crippen LogP contribution in [0.25, 0.3) is 5.69 Å². The largest absolute Gasteiger partial charge is 0.494 e. The van der Waals surface area contributed by atoms with Crippen molar-refractivity contribution < 1.29 is 4.74 Å². The molecule has 0 saturated carbocycles. The van der Waals surface area contributed by atoms with Crippen LogP contribution >= 0.6 is 0 Å². The Morgan fingerprint density at radius 1 is 1.45 bits per heavy atom. The summed E-state index contributed by atoms with van der Waals surface area (Å²) in [6, 6.07) is 7.34. The maximum absolute atomic E-state index is 8.93. The number of hydrogen-bond donors (Lipinski definition) is 1. The van der Waals surface area contributed by atoms with E-state index in [2.05, 4.69) is 28.6 Å². The molecule has 0 spiro atoms. The van der Waals surface area contributed by atoms with Crippen LogP contribution in [0.1, 0.15) is 24.6 Å². The first-order valence-electron chi connectivity index (χ1n) is 6.49. The Labute approximate surface area is 118 Å². The van der Waals surface area contributed by atoms with Gasteiger partial charge in [-0.2, -0.15) is 5.26 Å². The van der Waals surface area contributed by atoms with Gasteiger partial charge >= 0.3 is 0 Å². The van der Waals surface area contributed by atoms with E-state index in [4.69, 9.17) is 10.00 Å². The van der Waals surface area contributed by atoms with Crippen molar-refractivity contribution in [3.63, 3.8) is 0 Å².